The minimum Gasteiger partial charge on any atom is -0.379 e. The Kier molecular flexibility index (Phi) is 7.53. The Balaban J connectivity index is 1.41. The van der Waals surface area contributed by atoms with Gasteiger partial charge in [-0.2, -0.15) is 0 Å². The monoisotopic (exact) mass is 474 g/mol. The van der Waals surface area contributed by atoms with Crippen molar-refractivity contribution in [2.75, 3.05) is 71.5 Å². The third-order valence-electron chi connectivity index (χ3n) is 6.07. The zero-order valence-corrected chi connectivity index (χ0v) is 19.9. The van der Waals surface area contributed by atoms with Gasteiger partial charge < -0.3 is 19.4 Å². The van der Waals surface area contributed by atoms with Gasteiger partial charge >= 0.3 is 0 Å². The molecule has 2 aromatic rings. The number of amides is 1. The van der Waals surface area contributed by atoms with Crippen LogP contribution in [0.2, 0.25) is 0 Å². The van der Waals surface area contributed by atoms with E-state index in [9.17, 15) is 14.9 Å². The second-order valence-corrected chi connectivity index (χ2v) is 9.48. The van der Waals surface area contributed by atoms with Crippen molar-refractivity contribution in [2.24, 2.45) is 0 Å². The molecule has 0 unspecified atom stereocenters. The summed E-state index contributed by atoms with van der Waals surface area (Å²) >= 11 is 1.59. The number of nitro groups is 1. The summed E-state index contributed by atoms with van der Waals surface area (Å²) in [6.07, 6.45) is 0. The number of morpholine rings is 1. The zero-order chi connectivity index (χ0) is 23.4. The van der Waals surface area contributed by atoms with E-state index in [1.54, 1.807) is 35.4 Å². The van der Waals surface area contributed by atoms with E-state index in [4.69, 9.17) is 4.74 Å². The van der Waals surface area contributed by atoms with Gasteiger partial charge in [-0.15, -0.1) is 11.3 Å². The third kappa shape index (κ3) is 5.85. The molecule has 178 valence electrons. The highest BCUT2D eigenvalue weighted by atomic mass is 32.1. The smallest absolute Gasteiger partial charge is 0.293 e. The molecule has 2 aliphatic rings. The average Bonchev–Trinajstić information content (AvgIpc) is 3.25. The molecule has 1 aromatic heterocycles. The standard InChI is InChI=1S/C22H30N6O4S/c1-24-5-7-27(8-6-24)19-4-3-17(13-20(19)28(30)31)22(29)25(2)14-18-16-33-21(23-18)15-26-9-11-32-12-10-26/h3-4,13,16H,5-12,14-15H2,1-2H3. The third-order valence-corrected chi connectivity index (χ3v) is 6.95. The molecule has 0 aliphatic carbocycles. The van der Waals surface area contributed by atoms with E-state index >= 15 is 0 Å². The van der Waals surface area contributed by atoms with Gasteiger partial charge in [0, 0.05) is 63.3 Å². The average molecular weight is 475 g/mol. The van der Waals surface area contributed by atoms with Crippen LogP contribution in [0.1, 0.15) is 21.1 Å². The SMILES string of the molecule is CN1CCN(c2ccc(C(=O)N(C)Cc3csc(CN4CCOCC4)n3)cc2[N+](=O)[O-])CC1. The number of piperazine rings is 1. The van der Waals surface area contributed by atoms with Crippen LogP contribution in [0.4, 0.5) is 11.4 Å². The van der Waals surface area contributed by atoms with Gasteiger partial charge in [0.2, 0.25) is 0 Å². The highest BCUT2D eigenvalue weighted by Gasteiger charge is 2.25. The predicted molar refractivity (Wildman–Crippen MR) is 127 cm³/mol. The molecular formula is C22H30N6O4S. The molecule has 1 aromatic carbocycles. The van der Waals surface area contributed by atoms with E-state index in [0.29, 0.717) is 17.8 Å². The van der Waals surface area contributed by atoms with Gasteiger partial charge in [-0.3, -0.25) is 19.8 Å². The minimum atomic E-state index is -0.400. The van der Waals surface area contributed by atoms with Crippen LogP contribution in [0.25, 0.3) is 0 Å². The van der Waals surface area contributed by atoms with Crippen molar-refractivity contribution in [1.29, 1.82) is 0 Å². The molecule has 10 nitrogen and oxygen atoms in total. The van der Waals surface area contributed by atoms with Crippen molar-refractivity contribution < 1.29 is 14.5 Å². The Hall–Kier alpha value is -2.60. The minimum absolute atomic E-state index is 0.0275. The van der Waals surface area contributed by atoms with Crippen LogP contribution < -0.4 is 4.90 Å². The fourth-order valence-corrected chi connectivity index (χ4v) is 4.92. The van der Waals surface area contributed by atoms with E-state index in [2.05, 4.69) is 14.8 Å². The number of anilines is 1. The molecule has 4 rings (SSSR count). The van der Waals surface area contributed by atoms with Crippen LogP contribution in [0.5, 0.6) is 0 Å². The molecule has 2 aliphatic heterocycles. The Morgan fingerprint density at radius 2 is 1.94 bits per heavy atom. The van der Waals surface area contributed by atoms with E-state index in [1.165, 1.54) is 6.07 Å². The highest BCUT2D eigenvalue weighted by molar-refractivity contribution is 7.09. The maximum atomic E-state index is 13.0. The lowest BCUT2D eigenvalue weighted by molar-refractivity contribution is -0.384. The van der Waals surface area contributed by atoms with Crippen molar-refractivity contribution in [3.8, 4) is 0 Å². The number of likely N-dealkylation sites (N-methyl/N-ethyl adjacent to an activating group) is 1. The molecule has 3 heterocycles. The number of benzene rings is 1. The molecule has 0 bridgehead atoms. The summed E-state index contributed by atoms with van der Waals surface area (Å²) < 4.78 is 5.38. The van der Waals surface area contributed by atoms with Gasteiger partial charge in [0.05, 0.1) is 36.9 Å². The quantitative estimate of drug-likeness (QED) is 0.444. The van der Waals surface area contributed by atoms with Crippen LogP contribution in [0, 0.1) is 10.1 Å². The Morgan fingerprint density at radius 1 is 1.21 bits per heavy atom. The summed E-state index contributed by atoms with van der Waals surface area (Å²) in [5.74, 6) is -0.259. The summed E-state index contributed by atoms with van der Waals surface area (Å²) in [6, 6.07) is 4.79. The molecule has 2 fully saturated rings. The van der Waals surface area contributed by atoms with Crippen molar-refractivity contribution >= 4 is 28.6 Å². The molecule has 0 N–H and O–H groups in total. The number of carbonyl (C=O) groups is 1. The molecule has 33 heavy (non-hydrogen) atoms. The Morgan fingerprint density at radius 3 is 2.64 bits per heavy atom. The lowest BCUT2D eigenvalue weighted by Crippen LogP contribution is -2.44. The first-order valence-electron chi connectivity index (χ1n) is 11.1. The van der Waals surface area contributed by atoms with Crippen molar-refractivity contribution in [3.63, 3.8) is 0 Å². The summed E-state index contributed by atoms with van der Waals surface area (Å²) in [5.41, 5.74) is 1.67. The first-order chi connectivity index (χ1) is 15.9. The number of rotatable bonds is 7. The van der Waals surface area contributed by atoms with Gasteiger partial charge in [0.25, 0.3) is 11.6 Å². The molecule has 2 saturated heterocycles. The number of carbonyl (C=O) groups excluding carboxylic acids is 1. The summed E-state index contributed by atoms with van der Waals surface area (Å²) in [4.78, 5) is 37.1. The summed E-state index contributed by atoms with van der Waals surface area (Å²) in [7, 11) is 3.74. The normalized spacial score (nSPS) is 17.8. The van der Waals surface area contributed by atoms with E-state index in [-0.39, 0.29) is 11.6 Å². The van der Waals surface area contributed by atoms with Gasteiger partial charge in [0.15, 0.2) is 0 Å². The molecule has 0 spiro atoms. The van der Waals surface area contributed by atoms with Crippen LogP contribution in [-0.4, -0.2) is 97.1 Å². The molecule has 11 heteroatoms. The van der Waals surface area contributed by atoms with E-state index in [0.717, 1.165) is 69.7 Å². The largest absolute Gasteiger partial charge is 0.379 e. The maximum absolute atomic E-state index is 13.0. The molecule has 0 atom stereocenters. The fraction of sp³-hybridized carbons (Fsp3) is 0.545. The van der Waals surface area contributed by atoms with Gasteiger partial charge in [-0.05, 0) is 19.2 Å². The molecular weight excluding hydrogens is 444 g/mol. The highest BCUT2D eigenvalue weighted by Crippen LogP contribution is 2.30. The van der Waals surface area contributed by atoms with Crippen molar-refractivity contribution in [1.82, 2.24) is 19.7 Å². The second-order valence-electron chi connectivity index (χ2n) is 8.53. The van der Waals surface area contributed by atoms with E-state index < -0.39 is 4.92 Å². The van der Waals surface area contributed by atoms with Gasteiger partial charge in [0.1, 0.15) is 10.7 Å². The Bertz CT molecular complexity index is 985. The zero-order valence-electron chi connectivity index (χ0n) is 19.1. The molecule has 1 amide bonds. The summed E-state index contributed by atoms with van der Waals surface area (Å²) in [5, 5.41) is 14.7. The van der Waals surface area contributed by atoms with Crippen molar-refractivity contribution in [3.05, 3.63) is 50.0 Å². The lowest BCUT2D eigenvalue weighted by atomic mass is 10.1. The number of hydrogen-bond acceptors (Lipinski definition) is 9. The second kappa shape index (κ2) is 10.6. The van der Waals surface area contributed by atoms with Crippen LogP contribution in [-0.2, 0) is 17.8 Å². The van der Waals surface area contributed by atoms with Gasteiger partial charge in [-0.25, -0.2) is 4.98 Å². The first kappa shape index (κ1) is 23.6. The molecule has 0 radical (unpaired) electrons. The number of hydrogen-bond donors (Lipinski definition) is 0. The number of aromatic nitrogens is 1. The van der Waals surface area contributed by atoms with Crippen LogP contribution in [0.15, 0.2) is 23.6 Å². The maximum Gasteiger partial charge on any atom is 0.293 e. The number of ether oxygens (including phenoxy) is 1. The fourth-order valence-electron chi connectivity index (χ4n) is 4.10. The van der Waals surface area contributed by atoms with Gasteiger partial charge in [-0.1, -0.05) is 0 Å². The predicted octanol–water partition coefficient (Wildman–Crippen LogP) is 1.91. The van der Waals surface area contributed by atoms with E-state index in [1.807, 2.05) is 17.3 Å². The van der Waals surface area contributed by atoms with Crippen LogP contribution in [0.3, 0.4) is 0 Å². The molecule has 0 saturated carbocycles. The van der Waals surface area contributed by atoms with Crippen molar-refractivity contribution in [2.45, 2.75) is 13.1 Å². The first-order valence-corrected chi connectivity index (χ1v) is 12.0. The lowest BCUT2D eigenvalue weighted by Gasteiger charge is -2.33. The number of nitrogens with zero attached hydrogens (tertiary/aromatic N) is 6. The number of thiazole rings is 1. The topological polar surface area (TPSA) is 95.3 Å². The van der Waals surface area contributed by atoms with Crippen LogP contribution >= 0.6 is 11.3 Å². The summed E-state index contributed by atoms with van der Waals surface area (Å²) in [6.45, 7) is 7.57. The number of nitro benzene ring substituents is 1. The Labute approximate surface area is 197 Å².